The first kappa shape index (κ1) is 18.4. The Morgan fingerprint density at radius 1 is 1.32 bits per heavy atom. The number of ether oxygens (including phenoxy) is 1. The monoisotopic (exact) mass is 331 g/mol. The average molecular weight is 331 g/mol. The van der Waals surface area contributed by atoms with Crippen molar-refractivity contribution in [2.75, 3.05) is 12.9 Å². The maximum atomic E-state index is 13.5. The van der Waals surface area contributed by atoms with E-state index in [0.29, 0.717) is 5.56 Å². The van der Waals surface area contributed by atoms with E-state index in [1.165, 1.54) is 19.2 Å². The maximum Gasteiger partial charge on any atom is 0.221 e. The molecule has 0 saturated carbocycles. The molecule has 1 amide bonds. The highest BCUT2D eigenvalue weighted by Gasteiger charge is 2.18. The molecular weight excluding hydrogens is 309 g/mol. The minimum atomic E-state index is -3.49. The quantitative estimate of drug-likeness (QED) is 0.866. The van der Waals surface area contributed by atoms with Gasteiger partial charge in [-0.1, -0.05) is 6.07 Å². The number of halogens is 1. The third kappa shape index (κ3) is 6.43. The van der Waals surface area contributed by atoms with Crippen LogP contribution >= 0.6 is 0 Å². The van der Waals surface area contributed by atoms with Gasteiger partial charge in [0.2, 0.25) is 5.91 Å². The van der Waals surface area contributed by atoms with Crippen LogP contribution in [0.1, 0.15) is 32.8 Å². The van der Waals surface area contributed by atoms with Crippen LogP contribution in [0.15, 0.2) is 18.2 Å². The molecule has 0 unspecified atom stereocenters. The molecule has 0 spiro atoms. The van der Waals surface area contributed by atoms with Crippen LogP contribution in [0.3, 0.4) is 0 Å². The molecule has 5 nitrogen and oxygen atoms in total. The number of carbonyl (C=O) groups is 1. The number of sulfone groups is 1. The number of benzene rings is 1. The second-order valence-corrected chi connectivity index (χ2v) is 8.29. The highest BCUT2D eigenvalue weighted by atomic mass is 32.2. The lowest BCUT2D eigenvalue weighted by Crippen LogP contribution is -2.41. The van der Waals surface area contributed by atoms with Gasteiger partial charge in [0.1, 0.15) is 0 Å². The summed E-state index contributed by atoms with van der Waals surface area (Å²) in [6.45, 7) is 5.46. The summed E-state index contributed by atoms with van der Waals surface area (Å²) in [6, 6.07) is 4.01. The Morgan fingerprint density at radius 2 is 1.95 bits per heavy atom. The predicted octanol–water partition coefficient (Wildman–Crippen LogP) is 2.05. The first-order chi connectivity index (χ1) is 10.0. The van der Waals surface area contributed by atoms with Crippen molar-refractivity contribution in [1.82, 2.24) is 5.32 Å². The first-order valence-corrected chi connectivity index (χ1v) is 8.68. The zero-order valence-corrected chi connectivity index (χ0v) is 14.1. The van der Waals surface area contributed by atoms with E-state index in [4.69, 9.17) is 4.74 Å². The maximum absolute atomic E-state index is 13.5. The Hall–Kier alpha value is -1.63. The van der Waals surface area contributed by atoms with Gasteiger partial charge in [-0.25, -0.2) is 12.8 Å². The van der Waals surface area contributed by atoms with Crippen molar-refractivity contribution in [2.45, 2.75) is 38.5 Å². The summed E-state index contributed by atoms with van der Waals surface area (Å²) >= 11 is 0. The van der Waals surface area contributed by atoms with Gasteiger partial charge in [-0.2, -0.15) is 0 Å². The molecule has 22 heavy (non-hydrogen) atoms. The largest absolute Gasteiger partial charge is 0.494 e. The molecule has 124 valence electrons. The van der Waals surface area contributed by atoms with E-state index in [-0.39, 0.29) is 29.6 Å². The smallest absolute Gasteiger partial charge is 0.221 e. The van der Waals surface area contributed by atoms with Crippen molar-refractivity contribution >= 4 is 15.7 Å². The molecule has 0 saturated heterocycles. The topological polar surface area (TPSA) is 72.5 Å². The van der Waals surface area contributed by atoms with Crippen molar-refractivity contribution in [1.29, 1.82) is 0 Å². The SMILES string of the molecule is COc1ccc(CS(=O)(=O)CCC(=O)NC(C)(C)C)cc1F. The summed E-state index contributed by atoms with van der Waals surface area (Å²) in [5.41, 5.74) is -0.0746. The highest BCUT2D eigenvalue weighted by Crippen LogP contribution is 2.19. The number of nitrogens with one attached hydrogen (secondary N) is 1. The van der Waals surface area contributed by atoms with E-state index < -0.39 is 21.2 Å². The minimum Gasteiger partial charge on any atom is -0.494 e. The zero-order chi connectivity index (χ0) is 17.0. The lowest BCUT2D eigenvalue weighted by atomic mass is 10.1. The van der Waals surface area contributed by atoms with Crippen molar-refractivity contribution in [3.8, 4) is 5.75 Å². The number of carbonyl (C=O) groups excluding carboxylic acids is 1. The summed E-state index contributed by atoms with van der Waals surface area (Å²) in [5, 5.41) is 2.70. The zero-order valence-electron chi connectivity index (χ0n) is 13.3. The van der Waals surface area contributed by atoms with Gasteiger partial charge in [0.15, 0.2) is 21.4 Å². The third-order valence-electron chi connectivity index (χ3n) is 2.76. The van der Waals surface area contributed by atoms with Crippen LogP contribution in [0.4, 0.5) is 4.39 Å². The van der Waals surface area contributed by atoms with Crippen LogP contribution in [0.25, 0.3) is 0 Å². The fraction of sp³-hybridized carbons (Fsp3) is 0.533. The Bertz CT molecular complexity index is 635. The van der Waals surface area contributed by atoms with Crippen molar-refractivity contribution in [2.24, 2.45) is 0 Å². The van der Waals surface area contributed by atoms with Crippen LogP contribution in [0.2, 0.25) is 0 Å². The van der Waals surface area contributed by atoms with Gasteiger partial charge in [0.25, 0.3) is 0 Å². The molecule has 0 aliphatic carbocycles. The Kier molecular flexibility index (Phi) is 5.93. The van der Waals surface area contributed by atoms with Gasteiger partial charge in [-0.15, -0.1) is 0 Å². The number of amides is 1. The van der Waals surface area contributed by atoms with Gasteiger partial charge in [0.05, 0.1) is 18.6 Å². The standard InChI is InChI=1S/C15H22FNO4S/c1-15(2,3)17-14(18)7-8-22(19,20)10-11-5-6-13(21-4)12(16)9-11/h5-6,9H,7-8,10H2,1-4H3,(H,17,18). The molecule has 0 radical (unpaired) electrons. The van der Waals surface area contributed by atoms with E-state index in [2.05, 4.69) is 5.32 Å². The molecule has 1 rings (SSSR count). The van der Waals surface area contributed by atoms with Crippen LogP contribution in [-0.2, 0) is 20.4 Å². The minimum absolute atomic E-state index is 0.0608. The molecule has 0 aliphatic rings. The van der Waals surface area contributed by atoms with E-state index in [0.717, 1.165) is 6.07 Å². The van der Waals surface area contributed by atoms with E-state index >= 15 is 0 Å². The average Bonchev–Trinajstić information content (AvgIpc) is 2.34. The molecular formula is C15H22FNO4S. The molecule has 1 N–H and O–H groups in total. The molecule has 0 aromatic heterocycles. The number of rotatable bonds is 6. The Morgan fingerprint density at radius 3 is 2.45 bits per heavy atom. The summed E-state index contributed by atoms with van der Waals surface area (Å²) < 4.78 is 42.3. The summed E-state index contributed by atoms with van der Waals surface area (Å²) in [6.07, 6.45) is -0.113. The first-order valence-electron chi connectivity index (χ1n) is 6.86. The van der Waals surface area contributed by atoms with E-state index in [1.54, 1.807) is 0 Å². The third-order valence-corrected chi connectivity index (χ3v) is 4.36. The Labute approximate surface area is 130 Å². The fourth-order valence-corrected chi connectivity index (χ4v) is 3.18. The fourth-order valence-electron chi connectivity index (χ4n) is 1.85. The van der Waals surface area contributed by atoms with Gasteiger partial charge in [-0.3, -0.25) is 4.79 Å². The van der Waals surface area contributed by atoms with Crippen LogP contribution in [0.5, 0.6) is 5.75 Å². The summed E-state index contributed by atoms with van der Waals surface area (Å²) in [4.78, 5) is 11.6. The molecule has 1 aromatic rings. The van der Waals surface area contributed by atoms with Crippen molar-refractivity contribution in [3.63, 3.8) is 0 Å². The highest BCUT2D eigenvalue weighted by molar-refractivity contribution is 7.90. The van der Waals surface area contributed by atoms with Crippen molar-refractivity contribution in [3.05, 3.63) is 29.6 Å². The number of hydrogen-bond donors (Lipinski definition) is 1. The molecule has 0 fully saturated rings. The summed E-state index contributed by atoms with van der Waals surface area (Å²) in [5.74, 6) is -1.46. The van der Waals surface area contributed by atoms with Gasteiger partial charge < -0.3 is 10.1 Å². The Balaban J connectivity index is 2.64. The van der Waals surface area contributed by atoms with Gasteiger partial charge >= 0.3 is 0 Å². The molecule has 7 heteroatoms. The molecule has 1 aromatic carbocycles. The lowest BCUT2D eigenvalue weighted by Gasteiger charge is -2.20. The molecule has 0 atom stereocenters. The van der Waals surface area contributed by atoms with Gasteiger partial charge in [-0.05, 0) is 38.5 Å². The normalized spacial score (nSPS) is 12.0. The van der Waals surface area contributed by atoms with Crippen molar-refractivity contribution < 1.29 is 22.3 Å². The van der Waals surface area contributed by atoms with E-state index in [1.807, 2.05) is 20.8 Å². The number of hydrogen-bond acceptors (Lipinski definition) is 4. The van der Waals surface area contributed by atoms with E-state index in [9.17, 15) is 17.6 Å². The van der Waals surface area contributed by atoms with Gasteiger partial charge in [0, 0.05) is 12.0 Å². The second kappa shape index (κ2) is 7.09. The van der Waals surface area contributed by atoms with Crippen LogP contribution < -0.4 is 10.1 Å². The van der Waals surface area contributed by atoms with Crippen LogP contribution in [0, 0.1) is 5.82 Å². The lowest BCUT2D eigenvalue weighted by molar-refractivity contribution is -0.122. The molecule has 0 heterocycles. The predicted molar refractivity (Wildman–Crippen MR) is 83.0 cm³/mol. The molecule has 0 aliphatic heterocycles. The molecule has 0 bridgehead atoms. The van der Waals surface area contributed by atoms with Crippen LogP contribution in [-0.4, -0.2) is 32.7 Å². The second-order valence-electron chi connectivity index (χ2n) is 6.11. The summed E-state index contributed by atoms with van der Waals surface area (Å²) in [7, 11) is -2.15. The number of methoxy groups -OCH3 is 1.